The summed E-state index contributed by atoms with van der Waals surface area (Å²) >= 11 is 5.68. The van der Waals surface area contributed by atoms with Crippen LogP contribution in [0.5, 0.6) is 5.75 Å². The second-order valence-electron chi connectivity index (χ2n) is 6.18. The van der Waals surface area contributed by atoms with Crippen LogP contribution in [-0.4, -0.2) is 35.2 Å². The van der Waals surface area contributed by atoms with E-state index in [1.807, 2.05) is 24.3 Å². The monoisotopic (exact) mass is 398 g/mol. The van der Waals surface area contributed by atoms with E-state index in [0.717, 1.165) is 24.4 Å². The third kappa shape index (κ3) is 3.95. The number of methoxy groups -OCH3 is 1. The highest BCUT2D eigenvalue weighted by atomic mass is 35.5. The molecule has 2 aromatic rings. The lowest BCUT2D eigenvalue weighted by Crippen LogP contribution is -2.31. The van der Waals surface area contributed by atoms with Crippen LogP contribution in [0.3, 0.4) is 0 Å². The number of nitrogens with one attached hydrogen (secondary N) is 1. The summed E-state index contributed by atoms with van der Waals surface area (Å²) in [5.41, 5.74) is 0.987. The number of benzene rings is 2. The molecular weight excluding hydrogens is 379 g/mol. The number of rotatable bonds is 6. The maximum Gasteiger partial charge on any atom is 0.243 e. The minimum Gasteiger partial charge on any atom is -0.495 e. The van der Waals surface area contributed by atoms with Gasteiger partial charge in [-0.2, -0.15) is 0 Å². The predicted molar refractivity (Wildman–Crippen MR) is 99.9 cm³/mol. The third-order valence-electron chi connectivity index (χ3n) is 4.48. The Bertz CT molecular complexity index is 892. The molecule has 1 unspecified atom stereocenters. The van der Waals surface area contributed by atoms with Crippen molar-refractivity contribution in [3.8, 4) is 5.75 Å². The smallest absolute Gasteiger partial charge is 0.243 e. The lowest BCUT2D eigenvalue weighted by molar-refractivity contribution is 0.414. The van der Waals surface area contributed by atoms with Crippen molar-refractivity contribution in [1.29, 1.82) is 0 Å². The van der Waals surface area contributed by atoms with Crippen molar-refractivity contribution in [3.63, 3.8) is 0 Å². The summed E-state index contributed by atoms with van der Waals surface area (Å²) in [6.45, 7) is 1.74. The standard InChI is InChI=1S/C18H20ClFN2O3S/c1-25-16-7-3-2-6-15(16)22-10-9-13(12-22)11-21-26(23,24)17-8-4-5-14(19)18(17)20/h2-8,13,21H,9-12H2,1H3. The minimum absolute atomic E-state index is 0.122. The highest BCUT2D eigenvalue weighted by Crippen LogP contribution is 2.32. The fourth-order valence-electron chi connectivity index (χ4n) is 3.11. The number of nitrogens with zero attached hydrogens (tertiary/aromatic N) is 1. The molecule has 1 saturated heterocycles. The van der Waals surface area contributed by atoms with E-state index in [0.29, 0.717) is 6.54 Å². The molecular formula is C18H20ClFN2O3S. The summed E-state index contributed by atoms with van der Waals surface area (Å²) in [5, 5.41) is -0.212. The molecule has 0 amide bonds. The van der Waals surface area contributed by atoms with Crippen molar-refractivity contribution in [2.75, 3.05) is 31.6 Å². The molecule has 1 atom stereocenters. The quantitative estimate of drug-likeness (QED) is 0.811. The minimum atomic E-state index is -3.95. The molecule has 26 heavy (non-hydrogen) atoms. The summed E-state index contributed by atoms with van der Waals surface area (Å²) < 4.78 is 46.6. The van der Waals surface area contributed by atoms with Gasteiger partial charge >= 0.3 is 0 Å². The number of halogens is 2. The molecule has 0 radical (unpaired) electrons. The highest BCUT2D eigenvalue weighted by Gasteiger charge is 2.27. The maximum atomic E-state index is 14.0. The molecule has 1 aliphatic rings. The molecule has 2 aromatic carbocycles. The Morgan fingerprint density at radius 1 is 1.27 bits per heavy atom. The first kappa shape index (κ1) is 18.9. The topological polar surface area (TPSA) is 58.6 Å². The summed E-state index contributed by atoms with van der Waals surface area (Å²) in [7, 11) is -2.32. The van der Waals surface area contributed by atoms with Crippen LogP contribution in [0.15, 0.2) is 47.4 Å². The van der Waals surface area contributed by atoms with Gasteiger partial charge in [0.05, 0.1) is 17.8 Å². The molecule has 1 aliphatic heterocycles. The van der Waals surface area contributed by atoms with Gasteiger partial charge < -0.3 is 9.64 Å². The van der Waals surface area contributed by atoms with Crippen LogP contribution >= 0.6 is 11.6 Å². The molecule has 8 heteroatoms. The molecule has 1 N–H and O–H groups in total. The Labute approximate surface area is 157 Å². The van der Waals surface area contributed by atoms with Gasteiger partial charge in [-0.3, -0.25) is 0 Å². The number of hydrogen-bond acceptors (Lipinski definition) is 4. The van der Waals surface area contributed by atoms with Gasteiger partial charge in [0.25, 0.3) is 0 Å². The summed E-state index contributed by atoms with van der Waals surface area (Å²) in [4.78, 5) is 1.74. The Kier molecular flexibility index (Phi) is 5.70. The molecule has 0 bridgehead atoms. The van der Waals surface area contributed by atoms with Gasteiger partial charge in [0.1, 0.15) is 10.6 Å². The van der Waals surface area contributed by atoms with E-state index in [4.69, 9.17) is 16.3 Å². The molecule has 0 aliphatic carbocycles. The third-order valence-corrected chi connectivity index (χ3v) is 6.21. The van der Waals surface area contributed by atoms with Crippen LogP contribution in [0.4, 0.5) is 10.1 Å². The van der Waals surface area contributed by atoms with Crippen molar-refractivity contribution >= 4 is 27.3 Å². The second-order valence-corrected chi connectivity index (χ2v) is 8.32. The zero-order valence-corrected chi connectivity index (χ0v) is 15.9. The SMILES string of the molecule is COc1ccccc1N1CCC(CNS(=O)(=O)c2cccc(Cl)c2F)C1. The van der Waals surface area contributed by atoms with Crippen LogP contribution < -0.4 is 14.4 Å². The average Bonchev–Trinajstić information content (AvgIpc) is 3.11. The zero-order chi connectivity index (χ0) is 18.7. The molecule has 140 valence electrons. The van der Waals surface area contributed by atoms with E-state index in [1.54, 1.807) is 7.11 Å². The van der Waals surface area contributed by atoms with Crippen LogP contribution in [0.1, 0.15) is 6.42 Å². The van der Waals surface area contributed by atoms with Crippen LogP contribution in [0, 0.1) is 11.7 Å². The van der Waals surface area contributed by atoms with Crippen molar-refractivity contribution in [2.45, 2.75) is 11.3 Å². The van der Waals surface area contributed by atoms with Crippen LogP contribution in [0.2, 0.25) is 5.02 Å². The zero-order valence-electron chi connectivity index (χ0n) is 14.3. The van der Waals surface area contributed by atoms with Crippen molar-refractivity contribution in [3.05, 3.63) is 53.3 Å². The van der Waals surface area contributed by atoms with Crippen molar-refractivity contribution in [2.24, 2.45) is 5.92 Å². The van der Waals surface area contributed by atoms with Gasteiger partial charge in [-0.05, 0) is 36.6 Å². The number of hydrogen-bond donors (Lipinski definition) is 1. The fourth-order valence-corrected chi connectivity index (χ4v) is 4.55. The molecule has 0 aromatic heterocycles. The molecule has 5 nitrogen and oxygen atoms in total. The number of para-hydroxylation sites is 2. The van der Waals surface area contributed by atoms with Gasteiger partial charge in [0, 0.05) is 19.6 Å². The molecule has 3 rings (SSSR count). The van der Waals surface area contributed by atoms with Gasteiger partial charge in [-0.15, -0.1) is 0 Å². The normalized spacial score (nSPS) is 17.5. The van der Waals surface area contributed by atoms with E-state index in [-0.39, 0.29) is 17.5 Å². The van der Waals surface area contributed by atoms with E-state index in [2.05, 4.69) is 9.62 Å². The Morgan fingerprint density at radius 3 is 2.81 bits per heavy atom. The highest BCUT2D eigenvalue weighted by molar-refractivity contribution is 7.89. The lowest BCUT2D eigenvalue weighted by Gasteiger charge is -2.21. The van der Waals surface area contributed by atoms with Gasteiger partial charge in [-0.1, -0.05) is 29.8 Å². The maximum absolute atomic E-state index is 14.0. The van der Waals surface area contributed by atoms with E-state index in [9.17, 15) is 12.8 Å². The van der Waals surface area contributed by atoms with Crippen molar-refractivity contribution in [1.82, 2.24) is 4.72 Å². The van der Waals surface area contributed by atoms with Crippen LogP contribution in [-0.2, 0) is 10.0 Å². The first-order valence-corrected chi connectivity index (χ1v) is 10.1. The molecule has 0 saturated carbocycles. The first-order valence-electron chi connectivity index (χ1n) is 8.24. The Hall–Kier alpha value is -1.83. The molecule has 1 heterocycles. The first-order chi connectivity index (χ1) is 12.4. The Balaban J connectivity index is 1.65. The molecule has 1 fully saturated rings. The van der Waals surface area contributed by atoms with Gasteiger partial charge in [-0.25, -0.2) is 17.5 Å². The lowest BCUT2D eigenvalue weighted by atomic mass is 10.1. The summed E-state index contributed by atoms with van der Waals surface area (Å²) in [5.74, 6) is -0.0181. The fraction of sp³-hybridized carbons (Fsp3) is 0.333. The van der Waals surface area contributed by atoms with Crippen molar-refractivity contribution < 1.29 is 17.5 Å². The van der Waals surface area contributed by atoms with E-state index < -0.39 is 20.7 Å². The summed E-state index contributed by atoms with van der Waals surface area (Å²) in [6.07, 6.45) is 0.832. The predicted octanol–water partition coefficient (Wildman–Crippen LogP) is 3.29. The Morgan fingerprint density at radius 2 is 2.04 bits per heavy atom. The largest absolute Gasteiger partial charge is 0.495 e. The summed E-state index contributed by atoms with van der Waals surface area (Å²) in [6, 6.07) is 11.7. The van der Waals surface area contributed by atoms with Gasteiger partial charge in [0.2, 0.25) is 10.0 Å². The van der Waals surface area contributed by atoms with Gasteiger partial charge in [0.15, 0.2) is 5.82 Å². The number of anilines is 1. The van der Waals surface area contributed by atoms with E-state index in [1.165, 1.54) is 18.2 Å². The van der Waals surface area contributed by atoms with E-state index >= 15 is 0 Å². The number of ether oxygens (including phenoxy) is 1. The number of sulfonamides is 1. The second kappa shape index (κ2) is 7.82. The average molecular weight is 399 g/mol. The van der Waals surface area contributed by atoms with Crippen LogP contribution in [0.25, 0.3) is 0 Å². The molecule has 0 spiro atoms.